The summed E-state index contributed by atoms with van der Waals surface area (Å²) in [4.78, 5) is 0. The average Bonchev–Trinajstić information content (AvgIpc) is 2.19. The van der Waals surface area contributed by atoms with Gasteiger partial charge < -0.3 is 4.74 Å². The van der Waals surface area contributed by atoms with Crippen LogP contribution in [0.4, 0.5) is 13.2 Å². The van der Waals surface area contributed by atoms with E-state index in [1.165, 1.54) is 6.92 Å². The molecule has 0 spiro atoms. The van der Waals surface area contributed by atoms with Gasteiger partial charge in [-0.05, 0) is 6.92 Å². The highest BCUT2D eigenvalue weighted by molar-refractivity contribution is 6.42. The Labute approximate surface area is 88.4 Å². The smallest absolute Gasteiger partial charge is 0.205 e. The highest BCUT2D eigenvalue weighted by Crippen LogP contribution is 2.36. The predicted octanol–water partition coefficient (Wildman–Crippen LogP) is 3.81. The molecule has 0 N–H and O–H groups in total. The van der Waals surface area contributed by atoms with Crippen molar-refractivity contribution in [3.8, 4) is 5.75 Å². The summed E-state index contributed by atoms with van der Waals surface area (Å²) < 4.78 is 43.6. The molecule has 0 saturated carbocycles. The van der Waals surface area contributed by atoms with E-state index in [0.717, 1.165) is 0 Å². The summed E-state index contributed by atoms with van der Waals surface area (Å²) in [6, 6.07) is 0. The molecule has 1 nitrogen and oxygen atoms in total. The van der Waals surface area contributed by atoms with E-state index in [2.05, 4.69) is 4.74 Å². The lowest BCUT2D eigenvalue weighted by Gasteiger charge is -2.09. The van der Waals surface area contributed by atoms with E-state index in [4.69, 9.17) is 23.2 Å². The molecule has 0 radical (unpaired) electrons. The first-order valence-electron chi connectivity index (χ1n) is 3.64. The van der Waals surface area contributed by atoms with Gasteiger partial charge in [-0.15, -0.1) is 0 Å². The van der Waals surface area contributed by atoms with Gasteiger partial charge >= 0.3 is 0 Å². The third-order valence-electron chi connectivity index (χ3n) is 1.46. The normalized spacial score (nSPS) is 10.4. The number of benzene rings is 1. The fraction of sp³-hybridized carbons (Fsp3) is 0.250. The van der Waals surface area contributed by atoms with E-state index in [1.54, 1.807) is 0 Å². The molecule has 1 aromatic carbocycles. The molecule has 0 heterocycles. The fourth-order valence-corrected chi connectivity index (χ4v) is 1.19. The van der Waals surface area contributed by atoms with Crippen LogP contribution >= 0.6 is 23.2 Å². The zero-order chi connectivity index (χ0) is 10.9. The van der Waals surface area contributed by atoms with Crippen molar-refractivity contribution in [3.05, 3.63) is 27.5 Å². The van der Waals surface area contributed by atoms with Gasteiger partial charge in [0.15, 0.2) is 17.4 Å². The molecular weight excluding hydrogens is 240 g/mol. The van der Waals surface area contributed by atoms with E-state index in [9.17, 15) is 13.2 Å². The predicted molar refractivity (Wildman–Crippen MR) is 47.5 cm³/mol. The molecule has 0 aliphatic rings. The monoisotopic (exact) mass is 244 g/mol. The standard InChI is InChI=1S/C8H5Cl2F3O/c1-2-14-8-6(12)4(10)3(9)5(11)7(8)13/h2H2,1H3. The Morgan fingerprint density at radius 3 is 2.00 bits per heavy atom. The van der Waals surface area contributed by atoms with Crippen molar-refractivity contribution >= 4 is 23.2 Å². The summed E-state index contributed by atoms with van der Waals surface area (Å²) in [5.74, 6) is -4.93. The molecule has 0 unspecified atom stereocenters. The molecule has 0 atom stereocenters. The molecule has 0 aliphatic carbocycles. The van der Waals surface area contributed by atoms with Gasteiger partial charge in [-0.3, -0.25) is 0 Å². The highest BCUT2D eigenvalue weighted by atomic mass is 35.5. The van der Waals surface area contributed by atoms with Crippen LogP contribution in [0.15, 0.2) is 0 Å². The third kappa shape index (κ3) is 1.77. The first-order chi connectivity index (χ1) is 6.50. The van der Waals surface area contributed by atoms with E-state index in [1.807, 2.05) is 0 Å². The molecule has 0 amide bonds. The minimum atomic E-state index is -1.47. The topological polar surface area (TPSA) is 9.23 Å². The first kappa shape index (κ1) is 11.5. The molecule has 0 saturated heterocycles. The second kappa shape index (κ2) is 4.28. The van der Waals surface area contributed by atoms with Gasteiger partial charge in [0.1, 0.15) is 10.0 Å². The van der Waals surface area contributed by atoms with Gasteiger partial charge in [-0.1, -0.05) is 23.2 Å². The van der Waals surface area contributed by atoms with Crippen LogP contribution < -0.4 is 4.74 Å². The van der Waals surface area contributed by atoms with Crippen LogP contribution in [0.3, 0.4) is 0 Å². The minimum Gasteiger partial charge on any atom is -0.488 e. The van der Waals surface area contributed by atoms with E-state index in [0.29, 0.717) is 0 Å². The SMILES string of the molecule is CCOc1c(F)c(F)c(Cl)c(Cl)c1F. The Morgan fingerprint density at radius 2 is 1.50 bits per heavy atom. The van der Waals surface area contributed by atoms with Crippen molar-refractivity contribution in [2.75, 3.05) is 6.61 Å². The highest BCUT2D eigenvalue weighted by Gasteiger charge is 2.23. The Bertz CT molecular complexity index is 339. The van der Waals surface area contributed by atoms with Crippen LogP contribution in [0.1, 0.15) is 6.92 Å². The van der Waals surface area contributed by atoms with Crippen molar-refractivity contribution < 1.29 is 17.9 Å². The summed E-state index contributed by atoms with van der Waals surface area (Å²) in [5, 5.41) is -1.47. The maximum atomic E-state index is 13.1. The zero-order valence-electron chi connectivity index (χ0n) is 7.01. The summed E-state index contributed by atoms with van der Waals surface area (Å²) in [5.41, 5.74) is 0. The largest absolute Gasteiger partial charge is 0.488 e. The second-order valence-corrected chi connectivity index (χ2v) is 3.09. The van der Waals surface area contributed by atoms with E-state index < -0.39 is 33.2 Å². The Balaban J connectivity index is 3.43. The molecule has 1 rings (SSSR count). The Hall–Kier alpha value is -0.610. The summed E-state index contributed by atoms with van der Waals surface area (Å²) >= 11 is 10.5. The van der Waals surface area contributed by atoms with Crippen LogP contribution in [0, 0.1) is 17.5 Å². The van der Waals surface area contributed by atoms with Gasteiger partial charge in [-0.2, -0.15) is 4.39 Å². The molecule has 0 aromatic heterocycles. The zero-order valence-corrected chi connectivity index (χ0v) is 8.52. The molecule has 0 bridgehead atoms. The average molecular weight is 245 g/mol. The van der Waals surface area contributed by atoms with Crippen molar-refractivity contribution in [1.82, 2.24) is 0 Å². The lowest BCUT2D eigenvalue weighted by atomic mass is 10.3. The Morgan fingerprint density at radius 1 is 1.00 bits per heavy atom. The maximum absolute atomic E-state index is 13.1. The molecule has 14 heavy (non-hydrogen) atoms. The summed E-state index contributed by atoms with van der Waals surface area (Å²) in [7, 11) is 0. The van der Waals surface area contributed by atoms with Crippen LogP contribution in [-0.4, -0.2) is 6.61 Å². The summed E-state index contributed by atoms with van der Waals surface area (Å²) in [6.07, 6.45) is 0. The van der Waals surface area contributed by atoms with Gasteiger partial charge in [0.2, 0.25) is 5.82 Å². The van der Waals surface area contributed by atoms with Crippen LogP contribution in [-0.2, 0) is 0 Å². The lowest BCUT2D eigenvalue weighted by molar-refractivity contribution is 0.295. The lowest BCUT2D eigenvalue weighted by Crippen LogP contribution is -2.02. The van der Waals surface area contributed by atoms with E-state index >= 15 is 0 Å². The quantitative estimate of drug-likeness (QED) is 0.568. The molecule has 0 fully saturated rings. The van der Waals surface area contributed by atoms with Gasteiger partial charge in [0, 0.05) is 0 Å². The number of hydrogen-bond donors (Lipinski definition) is 0. The second-order valence-electron chi connectivity index (χ2n) is 2.33. The number of ether oxygens (including phenoxy) is 1. The number of rotatable bonds is 2. The van der Waals surface area contributed by atoms with Crippen LogP contribution in [0.2, 0.25) is 10.0 Å². The fourth-order valence-electron chi connectivity index (χ4n) is 0.856. The van der Waals surface area contributed by atoms with Gasteiger partial charge in [0.25, 0.3) is 0 Å². The van der Waals surface area contributed by atoms with Gasteiger partial charge in [-0.25, -0.2) is 8.78 Å². The molecule has 1 aromatic rings. The Kier molecular flexibility index (Phi) is 3.50. The maximum Gasteiger partial charge on any atom is 0.205 e. The van der Waals surface area contributed by atoms with Crippen molar-refractivity contribution in [3.63, 3.8) is 0 Å². The van der Waals surface area contributed by atoms with Crippen LogP contribution in [0.25, 0.3) is 0 Å². The van der Waals surface area contributed by atoms with Crippen molar-refractivity contribution in [2.24, 2.45) is 0 Å². The third-order valence-corrected chi connectivity index (χ3v) is 2.26. The molecule has 78 valence electrons. The van der Waals surface area contributed by atoms with Crippen molar-refractivity contribution in [1.29, 1.82) is 0 Å². The number of halogens is 5. The summed E-state index contributed by atoms with van der Waals surface area (Å²) in [6.45, 7) is 1.49. The van der Waals surface area contributed by atoms with E-state index in [-0.39, 0.29) is 6.61 Å². The number of hydrogen-bond acceptors (Lipinski definition) is 1. The minimum absolute atomic E-state index is 0.00869. The molecule has 0 aliphatic heterocycles. The molecular formula is C8H5Cl2F3O. The van der Waals surface area contributed by atoms with Gasteiger partial charge in [0.05, 0.1) is 6.61 Å². The van der Waals surface area contributed by atoms with Crippen LogP contribution in [0.5, 0.6) is 5.75 Å². The first-order valence-corrected chi connectivity index (χ1v) is 4.40. The molecule has 6 heteroatoms. The van der Waals surface area contributed by atoms with Crippen molar-refractivity contribution in [2.45, 2.75) is 6.92 Å².